The highest BCUT2D eigenvalue weighted by molar-refractivity contribution is 5.78. The van der Waals surface area contributed by atoms with E-state index < -0.39 is 0 Å². The lowest BCUT2D eigenvalue weighted by atomic mass is 9.75. The molecule has 0 unspecified atom stereocenters. The number of nitrogens with one attached hydrogen (secondary N) is 1. The normalized spacial score (nSPS) is 21.5. The van der Waals surface area contributed by atoms with E-state index >= 15 is 0 Å². The van der Waals surface area contributed by atoms with Gasteiger partial charge in [-0.15, -0.1) is 0 Å². The van der Waals surface area contributed by atoms with Crippen LogP contribution in [0.1, 0.15) is 29.8 Å². The Morgan fingerprint density at radius 1 is 1.39 bits per heavy atom. The number of amides is 1. The smallest absolute Gasteiger partial charge is 0.226 e. The molecule has 1 atom stereocenters. The van der Waals surface area contributed by atoms with Crippen molar-refractivity contribution in [3.05, 3.63) is 41.5 Å². The molecule has 1 aliphatic rings. The van der Waals surface area contributed by atoms with Crippen LogP contribution in [0.3, 0.4) is 0 Å². The molecule has 3 rings (SSSR count). The highest BCUT2D eigenvalue weighted by Gasteiger charge is 2.34. The summed E-state index contributed by atoms with van der Waals surface area (Å²) in [6.07, 6.45) is 5.56. The van der Waals surface area contributed by atoms with Crippen molar-refractivity contribution in [1.82, 2.24) is 20.6 Å². The van der Waals surface area contributed by atoms with Gasteiger partial charge in [-0.25, -0.2) is 4.63 Å². The van der Waals surface area contributed by atoms with E-state index in [0.29, 0.717) is 17.3 Å². The van der Waals surface area contributed by atoms with Crippen LogP contribution >= 0.6 is 0 Å². The van der Waals surface area contributed by atoms with Crippen LogP contribution in [0.15, 0.2) is 29.2 Å². The number of aliphatic hydroxyl groups excluding tert-OH is 1. The number of hydrogen-bond donors (Lipinski definition) is 2. The Kier molecular flexibility index (Phi) is 4.66. The zero-order chi connectivity index (χ0) is 16.2. The number of rotatable bonds is 6. The molecule has 0 spiro atoms. The summed E-state index contributed by atoms with van der Waals surface area (Å²) in [6, 6.07) is 3.88. The van der Waals surface area contributed by atoms with Crippen LogP contribution in [-0.4, -0.2) is 38.5 Å². The summed E-state index contributed by atoms with van der Waals surface area (Å²) in [5, 5.41) is 20.1. The number of hydrogen-bond acceptors (Lipinski definition) is 6. The van der Waals surface area contributed by atoms with Gasteiger partial charge in [0.05, 0.1) is 12.5 Å². The van der Waals surface area contributed by atoms with E-state index in [4.69, 9.17) is 0 Å². The van der Waals surface area contributed by atoms with E-state index in [0.717, 1.165) is 24.8 Å². The van der Waals surface area contributed by atoms with Crippen molar-refractivity contribution in [2.75, 3.05) is 0 Å². The molecule has 1 fully saturated rings. The maximum Gasteiger partial charge on any atom is 0.226 e. The first kappa shape index (κ1) is 15.6. The SMILES string of the molecule is Cc1nonc1CC(=O)N[C@H](Cc1ccncc1)C1CC(O)C1. The molecule has 0 aromatic carbocycles. The number of aliphatic hydroxyl groups is 1. The predicted octanol–water partition coefficient (Wildman–Crippen LogP) is 0.814. The fourth-order valence-corrected chi connectivity index (χ4v) is 2.89. The summed E-state index contributed by atoms with van der Waals surface area (Å²) in [4.78, 5) is 16.3. The first-order chi connectivity index (χ1) is 11.1. The lowest BCUT2D eigenvalue weighted by Gasteiger charge is -2.38. The third-order valence-corrected chi connectivity index (χ3v) is 4.34. The molecule has 1 amide bonds. The zero-order valence-electron chi connectivity index (χ0n) is 13.0. The quantitative estimate of drug-likeness (QED) is 0.818. The van der Waals surface area contributed by atoms with Gasteiger partial charge in [-0.2, -0.15) is 0 Å². The first-order valence-electron chi connectivity index (χ1n) is 7.76. The molecular weight excluding hydrogens is 296 g/mol. The fraction of sp³-hybridized carbons (Fsp3) is 0.500. The molecule has 0 saturated heterocycles. The van der Waals surface area contributed by atoms with Gasteiger partial charge >= 0.3 is 0 Å². The molecule has 1 aliphatic carbocycles. The van der Waals surface area contributed by atoms with E-state index in [1.54, 1.807) is 19.3 Å². The summed E-state index contributed by atoms with van der Waals surface area (Å²) in [7, 11) is 0. The average Bonchev–Trinajstić information content (AvgIpc) is 2.89. The molecule has 2 N–H and O–H groups in total. The number of aryl methyl sites for hydroxylation is 1. The molecule has 122 valence electrons. The molecular formula is C16H20N4O3. The van der Waals surface area contributed by atoms with E-state index in [9.17, 15) is 9.90 Å². The Labute approximate surface area is 134 Å². The monoisotopic (exact) mass is 316 g/mol. The van der Waals surface area contributed by atoms with Crippen molar-refractivity contribution in [2.24, 2.45) is 5.92 Å². The molecule has 0 radical (unpaired) electrons. The molecule has 2 aromatic heterocycles. The second-order valence-corrected chi connectivity index (χ2v) is 6.09. The van der Waals surface area contributed by atoms with Gasteiger partial charge in [-0.3, -0.25) is 9.78 Å². The standard InChI is InChI=1S/C16H20N4O3/c1-10-14(20-23-19-10)9-16(22)18-15(12-7-13(21)8-12)6-11-2-4-17-5-3-11/h2-5,12-13,15,21H,6-9H2,1H3,(H,18,22)/t12?,13?,15-/m1/s1. The van der Waals surface area contributed by atoms with Crippen LogP contribution in [0, 0.1) is 12.8 Å². The van der Waals surface area contributed by atoms with Gasteiger partial charge in [0.2, 0.25) is 5.91 Å². The lowest BCUT2D eigenvalue weighted by molar-refractivity contribution is -0.122. The molecule has 2 heterocycles. The topological polar surface area (TPSA) is 101 Å². The van der Waals surface area contributed by atoms with Crippen molar-refractivity contribution in [3.63, 3.8) is 0 Å². The Bertz CT molecular complexity index is 652. The van der Waals surface area contributed by atoms with Crippen molar-refractivity contribution in [3.8, 4) is 0 Å². The predicted molar refractivity (Wildman–Crippen MR) is 81.3 cm³/mol. The Morgan fingerprint density at radius 3 is 2.74 bits per heavy atom. The minimum Gasteiger partial charge on any atom is -0.393 e. The molecule has 2 aromatic rings. The highest BCUT2D eigenvalue weighted by Crippen LogP contribution is 2.31. The Morgan fingerprint density at radius 2 is 2.13 bits per heavy atom. The van der Waals surface area contributed by atoms with Gasteiger partial charge in [0.1, 0.15) is 11.4 Å². The van der Waals surface area contributed by atoms with Crippen LogP contribution in [0.25, 0.3) is 0 Å². The van der Waals surface area contributed by atoms with E-state index in [-0.39, 0.29) is 24.5 Å². The van der Waals surface area contributed by atoms with Crippen LogP contribution in [0.5, 0.6) is 0 Å². The molecule has 7 heteroatoms. The molecule has 1 saturated carbocycles. The lowest BCUT2D eigenvalue weighted by Crippen LogP contribution is -2.48. The third-order valence-electron chi connectivity index (χ3n) is 4.34. The minimum absolute atomic E-state index is 0.00605. The van der Waals surface area contributed by atoms with E-state index in [1.807, 2.05) is 12.1 Å². The van der Waals surface area contributed by atoms with Gasteiger partial charge < -0.3 is 10.4 Å². The van der Waals surface area contributed by atoms with E-state index in [1.165, 1.54) is 0 Å². The van der Waals surface area contributed by atoms with Gasteiger partial charge in [-0.1, -0.05) is 10.3 Å². The summed E-state index contributed by atoms with van der Waals surface area (Å²) in [6.45, 7) is 1.76. The second-order valence-electron chi connectivity index (χ2n) is 6.09. The number of nitrogens with zero attached hydrogens (tertiary/aromatic N) is 3. The zero-order valence-corrected chi connectivity index (χ0v) is 13.0. The number of aromatic nitrogens is 3. The summed E-state index contributed by atoms with van der Waals surface area (Å²) in [5.74, 6) is 0.183. The van der Waals surface area contributed by atoms with Gasteiger partial charge in [-0.05, 0) is 49.8 Å². The van der Waals surface area contributed by atoms with Crippen LogP contribution in [-0.2, 0) is 17.6 Å². The molecule has 7 nitrogen and oxygen atoms in total. The minimum atomic E-state index is -0.251. The second kappa shape index (κ2) is 6.87. The van der Waals surface area contributed by atoms with Crippen molar-refractivity contribution in [1.29, 1.82) is 0 Å². The third kappa shape index (κ3) is 3.92. The summed E-state index contributed by atoms with van der Waals surface area (Å²) < 4.78 is 4.62. The van der Waals surface area contributed by atoms with E-state index in [2.05, 4.69) is 25.2 Å². The van der Waals surface area contributed by atoms with Crippen LogP contribution in [0.2, 0.25) is 0 Å². The van der Waals surface area contributed by atoms with Crippen LogP contribution in [0.4, 0.5) is 0 Å². The van der Waals surface area contributed by atoms with Gasteiger partial charge in [0.25, 0.3) is 0 Å². The average molecular weight is 316 g/mol. The maximum absolute atomic E-state index is 12.3. The highest BCUT2D eigenvalue weighted by atomic mass is 16.6. The maximum atomic E-state index is 12.3. The van der Waals surface area contributed by atoms with Crippen LogP contribution < -0.4 is 5.32 Å². The number of pyridine rings is 1. The number of carbonyl (C=O) groups is 1. The first-order valence-corrected chi connectivity index (χ1v) is 7.76. The van der Waals surface area contributed by atoms with Crippen molar-refractivity contribution >= 4 is 5.91 Å². The Hall–Kier alpha value is -2.28. The molecule has 0 aliphatic heterocycles. The summed E-state index contributed by atoms with van der Waals surface area (Å²) >= 11 is 0. The molecule has 23 heavy (non-hydrogen) atoms. The fourth-order valence-electron chi connectivity index (χ4n) is 2.89. The van der Waals surface area contributed by atoms with Gasteiger partial charge in [0.15, 0.2) is 0 Å². The van der Waals surface area contributed by atoms with Crippen molar-refractivity contribution in [2.45, 2.75) is 44.8 Å². The molecule has 0 bridgehead atoms. The van der Waals surface area contributed by atoms with Crippen molar-refractivity contribution < 1.29 is 14.5 Å². The Balaban J connectivity index is 1.63. The van der Waals surface area contributed by atoms with Gasteiger partial charge in [0, 0.05) is 18.4 Å². The summed E-state index contributed by atoms with van der Waals surface area (Å²) in [5.41, 5.74) is 2.30. The largest absolute Gasteiger partial charge is 0.393 e. The number of carbonyl (C=O) groups excluding carboxylic acids is 1.